The van der Waals surface area contributed by atoms with Crippen molar-refractivity contribution in [1.29, 1.82) is 0 Å². The maximum atomic E-state index is 11.6. The lowest BCUT2D eigenvalue weighted by atomic mass is 10.1. The van der Waals surface area contributed by atoms with E-state index in [0.29, 0.717) is 12.8 Å². The lowest BCUT2D eigenvalue weighted by molar-refractivity contribution is -0.141. The number of hydrogen-bond acceptors (Lipinski definition) is 3. The normalized spacial score (nSPS) is 11.8. The van der Waals surface area contributed by atoms with Gasteiger partial charge in [-0.15, -0.1) is 0 Å². The summed E-state index contributed by atoms with van der Waals surface area (Å²) in [6.45, 7) is 0. The number of hydrogen-bond donors (Lipinski definition) is 2. The van der Waals surface area contributed by atoms with E-state index in [1.807, 2.05) is 36.6 Å². The first kappa shape index (κ1) is 15.6. The van der Waals surface area contributed by atoms with Crippen LogP contribution >= 0.6 is 11.8 Å². The molecule has 104 valence electrons. The van der Waals surface area contributed by atoms with E-state index in [1.165, 1.54) is 0 Å². The Balaban J connectivity index is 2.49. The maximum absolute atomic E-state index is 11.6. The molecule has 1 amide bonds. The molecule has 1 rings (SSSR count). The standard InChI is InChI=1S/C14H19NO3S/c1-19-9-5-8-13(16)15-12(14(17)18)10-11-6-3-2-4-7-11/h2-4,6-7,12H,5,8-10H2,1H3,(H,15,16)(H,17,18). The van der Waals surface area contributed by atoms with Crippen LogP contribution in [0.2, 0.25) is 0 Å². The summed E-state index contributed by atoms with van der Waals surface area (Å²) in [4.78, 5) is 22.8. The van der Waals surface area contributed by atoms with E-state index in [9.17, 15) is 9.59 Å². The van der Waals surface area contributed by atoms with E-state index < -0.39 is 12.0 Å². The van der Waals surface area contributed by atoms with Gasteiger partial charge in [0.15, 0.2) is 0 Å². The van der Waals surface area contributed by atoms with Crippen LogP contribution in [0.15, 0.2) is 30.3 Å². The Bertz CT molecular complexity index is 408. The van der Waals surface area contributed by atoms with Gasteiger partial charge in [-0.05, 0) is 24.0 Å². The largest absolute Gasteiger partial charge is 0.480 e. The molecule has 0 radical (unpaired) electrons. The van der Waals surface area contributed by atoms with Gasteiger partial charge in [0.25, 0.3) is 0 Å². The molecule has 0 spiro atoms. The third-order valence-electron chi connectivity index (χ3n) is 2.67. The monoisotopic (exact) mass is 281 g/mol. The van der Waals surface area contributed by atoms with Gasteiger partial charge in [-0.25, -0.2) is 4.79 Å². The van der Waals surface area contributed by atoms with Crippen LogP contribution in [0, 0.1) is 0 Å². The van der Waals surface area contributed by atoms with Gasteiger partial charge >= 0.3 is 5.97 Å². The van der Waals surface area contributed by atoms with Gasteiger partial charge in [0.1, 0.15) is 6.04 Å². The quantitative estimate of drug-likeness (QED) is 0.715. The van der Waals surface area contributed by atoms with Gasteiger partial charge in [0.2, 0.25) is 5.91 Å². The molecule has 1 atom stereocenters. The molecule has 5 heteroatoms. The predicted octanol–water partition coefficient (Wildman–Crippen LogP) is 1.94. The zero-order valence-corrected chi connectivity index (χ0v) is 11.8. The van der Waals surface area contributed by atoms with Gasteiger partial charge in [0, 0.05) is 12.8 Å². The molecular formula is C14H19NO3S. The number of carbonyl (C=O) groups excluding carboxylic acids is 1. The number of amides is 1. The molecule has 19 heavy (non-hydrogen) atoms. The Labute approximate surface area is 117 Å². The number of benzene rings is 1. The van der Waals surface area contributed by atoms with Crippen LogP contribution in [0.1, 0.15) is 18.4 Å². The third-order valence-corrected chi connectivity index (χ3v) is 3.37. The van der Waals surface area contributed by atoms with Gasteiger partial charge in [-0.3, -0.25) is 4.79 Å². The SMILES string of the molecule is CSCCCC(=O)NC(Cc1ccccc1)C(=O)O. The Morgan fingerprint density at radius 2 is 2.00 bits per heavy atom. The molecule has 0 saturated heterocycles. The van der Waals surface area contributed by atoms with Crippen LogP contribution in [0.25, 0.3) is 0 Å². The van der Waals surface area contributed by atoms with Crippen molar-refractivity contribution in [2.24, 2.45) is 0 Å². The zero-order chi connectivity index (χ0) is 14.1. The van der Waals surface area contributed by atoms with Crippen molar-refractivity contribution < 1.29 is 14.7 Å². The molecule has 0 saturated carbocycles. The third kappa shape index (κ3) is 6.29. The molecule has 0 fully saturated rings. The molecule has 0 aliphatic carbocycles. The Kier molecular flexibility index (Phi) is 7.03. The van der Waals surface area contributed by atoms with Crippen LogP contribution in [-0.2, 0) is 16.0 Å². The number of carbonyl (C=O) groups is 2. The first-order valence-electron chi connectivity index (χ1n) is 6.18. The summed E-state index contributed by atoms with van der Waals surface area (Å²) in [5, 5.41) is 11.7. The summed E-state index contributed by atoms with van der Waals surface area (Å²) in [5.74, 6) is -0.288. The zero-order valence-electron chi connectivity index (χ0n) is 11.0. The van der Waals surface area contributed by atoms with Crippen molar-refractivity contribution in [3.05, 3.63) is 35.9 Å². The Morgan fingerprint density at radius 3 is 2.58 bits per heavy atom. The summed E-state index contributed by atoms with van der Waals surface area (Å²) in [5.41, 5.74) is 0.902. The Hall–Kier alpha value is -1.49. The van der Waals surface area contributed by atoms with Gasteiger partial charge < -0.3 is 10.4 Å². The van der Waals surface area contributed by atoms with Gasteiger partial charge in [0.05, 0.1) is 0 Å². The molecular weight excluding hydrogens is 262 g/mol. The second-order valence-corrected chi connectivity index (χ2v) is 5.23. The first-order chi connectivity index (χ1) is 9.13. The molecule has 0 aromatic heterocycles. The fourth-order valence-electron chi connectivity index (χ4n) is 1.69. The molecule has 0 bridgehead atoms. The average molecular weight is 281 g/mol. The highest BCUT2D eigenvalue weighted by Crippen LogP contribution is 2.05. The molecule has 2 N–H and O–H groups in total. The lowest BCUT2D eigenvalue weighted by Gasteiger charge is -2.14. The van der Waals surface area contributed by atoms with Crippen molar-refractivity contribution in [1.82, 2.24) is 5.32 Å². The van der Waals surface area contributed by atoms with E-state index in [4.69, 9.17) is 5.11 Å². The van der Waals surface area contributed by atoms with E-state index in [0.717, 1.165) is 17.7 Å². The lowest BCUT2D eigenvalue weighted by Crippen LogP contribution is -2.42. The minimum absolute atomic E-state index is 0.197. The number of nitrogens with one attached hydrogen (secondary N) is 1. The summed E-state index contributed by atoms with van der Waals surface area (Å²) < 4.78 is 0. The topological polar surface area (TPSA) is 66.4 Å². The molecule has 1 unspecified atom stereocenters. The molecule has 1 aromatic rings. The first-order valence-corrected chi connectivity index (χ1v) is 7.58. The predicted molar refractivity (Wildman–Crippen MR) is 77.3 cm³/mol. The van der Waals surface area contributed by atoms with E-state index >= 15 is 0 Å². The highest BCUT2D eigenvalue weighted by Gasteiger charge is 2.19. The average Bonchev–Trinajstić information content (AvgIpc) is 2.39. The van der Waals surface area contributed by atoms with Crippen LogP contribution in [0.5, 0.6) is 0 Å². The van der Waals surface area contributed by atoms with Crippen molar-refractivity contribution in [2.45, 2.75) is 25.3 Å². The Morgan fingerprint density at radius 1 is 1.32 bits per heavy atom. The number of thioether (sulfide) groups is 1. The van der Waals surface area contributed by atoms with Crippen LogP contribution in [-0.4, -0.2) is 35.0 Å². The smallest absolute Gasteiger partial charge is 0.326 e. The second kappa shape index (κ2) is 8.58. The molecule has 0 heterocycles. The van der Waals surface area contributed by atoms with E-state index in [1.54, 1.807) is 11.8 Å². The fourth-order valence-corrected chi connectivity index (χ4v) is 2.13. The number of carboxylic acid groups (broad SMARTS) is 1. The molecule has 0 aliphatic heterocycles. The van der Waals surface area contributed by atoms with E-state index in [-0.39, 0.29) is 5.91 Å². The number of carboxylic acids is 1. The molecule has 0 aliphatic rings. The fraction of sp³-hybridized carbons (Fsp3) is 0.429. The summed E-state index contributed by atoms with van der Waals surface area (Å²) >= 11 is 1.68. The van der Waals surface area contributed by atoms with Crippen LogP contribution in [0.3, 0.4) is 0 Å². The number of aliphatic carboxylic acids is 1. The van der Waals surface area contributed by atoms with Gasteiger partial charge in [-0.2, -0.15) is 11.8 Å². The van der Waals surface area contributed by atoms with Crippen molar-refractivity contribution in [2.75, 3.05) is 12.0 Å². The minimum Gasteiger partial charge on any atom is -0.480 e. The molecule has 1 aromatic carbocycles. The van der Waals surface area contributed by atoms with Gasteiger partial charge in [-0.1, -0.05) is 30.3 Å². The van der Waals surface area contributed by atoms with Crippen molar-refractivity contribution in [3.8, 4) is 0 Å². The van der Waals surface area contributed by atoms with E-state index in [2.05, 4.69) is 5.32 Å². The highest BCUT2D eigenvalue weighted by atomic mass is 32.2. The van der Waals surface area contributed by atoms with Crippen molar-refractivity contribution >= 4 is 23.6 Å². The second-order valence-electron chi connectivity index (χ2n) is 4.24. The summed E-state index contributed by atoms with van der Waals surface area (Å²) in [6.07, 6.45) is 3.43. The highest BCUT2D eigenvalue weighted by molar-refractivity contribution is 7.98. The van der Waals surface area contributed by atoms with Crippen molar-refractivity contribution in [3.63, 3.8) is 0 Å². The minimum atomic E-state index is -0.998. The number of rotatable bonds is 8. The molecule has 4 nitrogen and oxygen atoms in total. The van der Waals surface area contributed by atoms with Crippen LogP contribution in [0.4, 0.5) is 0 Å². The maximum Gasteiger partial charge on any atom is 0.326 e. The summed E-state index contributed by atoms with van der Waals surface area (Å²) in [6, 6.07) is 8.44. The van der Waals surface area contributed by atoms with Crippen LogP contribution < -0.4 is 5.32 Å². The summed E-state index contributed by atoms with van der Waals surface area (Å²) in [7, 11) is 0.